The van der Waals surface area contributed by atoms with Crippen molar-refractivity contribution in [1.82, 2.24) is 5.32 Å². The lowest BCUT2D eigenvalue weighted by molar-refractivity contribution is 0.0708. The van der Waals surface area contributed by atoms with Crippen LogP contribution in [0.1, 0.15) is 27.2 Å². The number of nitrogens with zero attached hydrogens (tertiary/aromatic N) is 2. The van der Waals surface area contributed by atoms with E-state index in [0.29, 0.717) is 50.2 Å². The van der Waals surface area contributed by atoms with E-state index in [9.17, 15) is 4.79 Å². The Balaban J connectivity index is 1.46. The summed E-state index contributed by atoms with van der Waals surface area (Å²) in [6.07, 6.45) is 8.35. The molecule has 0 heterocycles. The van der Waals surface area contributed by atoms with E-state index in [1.165, 1.54) is 0 Å². The fraction of sp³-hybridized carbons (Fsp3) is 0.321. The average Bonchev–Trinajstić information content (AvgIpc) is 2.91. The molecule has 0 fully saturated rings. The molecule has 0 saturated heterocycles. The molecular formula is C28H37N5O4Si. The van der Waals surface area contributed by atoms with Crippen molar-refractivity contribution in [2.45, 2.75) is 33.2 Å². The van der Waals surface area contributed by atoms with Gasteiger partial charge in [0.2, 0.25) is 0 Å². The number of anilines is 2. The number of hydrogen-bond donors (Lipinski definition) is 3. The van der Waals surface area contributed by atoms with Crippen LogP contribution in [0.2, 0.25) is 6.04 Å². The largest absolute Gasteiger partial charge is 0.500 e. The van der Waals surface area contributed by atoms with Crippen LogP contribution < -0.4 is 16.4 Å². The van der Waals surface area contributed by atoms with Crippen LogP contribution in [-0.4, -0.2) is 52.6 Å². The smallest absolute Gasteiger partial charge is 0.399 e. The predicted octanol–water partition coefficient (Wildman–Crippen LogP) is 5.80. The van der Waals surface area contributed by atoms with Gasteiger partial charge in [-0.3, -0.25) is 0 Å². The van der Waals surface area contributed by atoms with Crippen LogP contribution in [0.25, 0.3) is 0 Å². The van der Waals surface area contributed by atoms with Crippen LogP contribution in [0.3, 0.4) is 0 Å². The number of allylic oxidation sites excluding steroid dienone is 4. The van der Waals surface area contributed by atoms with Crippen molar-refractivity contribution in [2.24, 2.45) is 9.98 Å². The Kier molecular flexibility index (Phi) is 11.4. The molecule has 2 aromatic rings. The third-order valence-electron chi connectivity index (χ3n) is 5.42. The van der Waals surface area contributed by atoms with Crippen LogP contribution in [0.5, 0.6) is 0 Å². The monoisotopic (exact) mass is 535 g/mol. The van der Waals surface area contributed by atoms with Gasteiger partial charge in [-0.05, 0) is 100 Å². The number of carbonyl (C=O) groups excluding carboxylic acids is 1. The molecule has 10 heteroatoms. The number of nitrogens with one attached hydrogen (secondary N) is 2. The SMILES string of the molecule is CCO[Si](CCCNC(=O)Nc1ccc(N=C2C=CC(=Nc3ccc(N)cc3)C=C2)cc1)(OCC)OCC. The molecule has 4 N–H and O–H groups in total. The number of amides is 2. The second kappa shape index (κ2) is 15.0. The lowest BCUT2D eigenvalue weighted by Crippen LogP contribution is -2.46. The van der Waals surface area contributed by atoms with E-state index in [2.05, 4.69) is 20.6 Å². The molecule has 0 aliphatic heterocycles. The summed E-state index contributed by atoms with van der Waals surface area (Å²) in [7, 11) is -2.69. The first kappa shape index (κ1) is 29.0. The molecule has 0 aromatic heterocycles. The zero-order chi connectivity index (χ0) is 27.2. The summed E-state index contributed by atoms with van der Waals surface area (Å²) in [6, 6.07) is 15.1. The third-order valence-corrected chi connectivity index (χ3v) is 8.57. The molecule has 3 rings (SSSR count). The molecule has 0 atom stereocenters. The highest BCUT2D eigenvalue weighted by atomic mass is 28.4. The Bertz CT molecular complexity index is 1130. The van der Waals surface area contributed by atoms with Gasteiger partial charge >= 0.3 is 14.8 Å². The van der Waals surface area contributed by atoms with E-state index in [-0.39, 0.29) is 6.03 Å². The van der Waals surface area contributed by atoms with Crippen molar-refractivity contribution in [3.05, 3.63) is 72.8 Å². The molecule has 0 saturated carbocycles. The highest BCUT2D eigenvalue weighted by molar-refractivity contribution is 6.60. The van der Waals surface area contributed by atoms with Gasteiger partial charge in [-0.25, -0.2) is 14.8 Å². The molecular weight excluding hydrogens is 498 g/mol. The number of rotatable bonds is 13. The van der Waals surface area contributed by atoms with Gasteiger partial charge in [-0.1, -0.05) is 0 Å². The molecule has 0 unspecified atom stereocenters. The van der Waals surface area contributed by atoms with E-state index in [1.54, 1.807) is 0 Å². The highest BCUT2D eigenvalue weighted by Crippen LogP contribution is 2.20. The van der Waals surface area contributed by atoms with Crippen molar-refractivity contribution in [3.63, 3.8) is 0 Å². The van der Waals surface area contributed by atoms with E-state index in [0.717, 1.165) is 22.8 Å². The van der Waals surface area contributed by atoms with E-state index >= 15 is 0 Å². The van der Waals surface area contributed by atoms with Gasteiger partial charge in [0.1, 0.15) is 0 Å². The summed E-state index contributed by atoms with van der Waals surface area (Å²) in [6.45, 7) is 7.89. The molecule has 0 spiro atoms. The Morgan fingerprint density at radius 2 is 1.26 bits per heavy atom. The summed E-state index contributed by atoms with van der Waals surface area (Å²) in [5, 5.41) is 5.72. The quantitative estimate of drug-likeness (QED) is 0.130. The fourth-order valence-electron chi connectivity index (χ4n) is 3.75. The summed E-state index contributed by atoms with van der Waals surface area (Å²) in [5.41, 5.74) is 10.4. The number of nitrogens with two attached hydrogens (primary N) is 1. The summed E-state index contributed by atoms with van der Waals surface area (Å²) >= 11 is 0. The Morgan fingerprint density at radius 3 is 1.74 bits per heavy atom. The predicted molar refractivity (Wildman–Crippen MR) is 157 cm³/mol. The molecule has 9 nitrogen and oxygen atoms in total. The van der Waals surface area contributed by atoms with Gasteiger partial charge in [-0.15, -0.1) is 0 Å². The second-order valence-electron chi connectivity index (χ2n) is 8.34. The zero-order valence-electron chi connectivity index (χ0n) is 22.3. The zero-order valence-corrected chi connectivity index (χ0v) is 23.3. The Morgan fingerprint density at radius 1 is 0.789 bits per heavy atom. The lowest BCUT2D eigenvalue weighted by Gasteiger charge is -2.28. The van der Waals surface area contributed by atoms with Crippen molar-refractivity contribution >= 4 is 49.0 Å². The standard InChI is InChI=1S/C28H37N5O4Si/c1-4-35-38(36-5-2,37-6-3)21-7-20-30-28(34)33-27-18-16-26(17-19-27)32-25-14-12-24(13-15-25)31-23-10-8-22(29)9-11-23/h8-19H,4-7,20-21,29H2,1-3H3,(H2,30,33,34). The molecule has 1 aliphatic rings. The molecule has 2 amide bonds. The maximum absolute atomic E-state index is 12.3. The third kappa shape index (κ3) is 9.38. The summed E-state index contributed by atoms with van der Waals surface area (Å²) in [5.74, 6) is 0. The van der Waals surface area contributed by atoms with Crippen LogP contribution in [0, 0.1) is 0 Å². The molecule has 202 valence electrons. The van der Waals surface area contributed by atoms with E-state index in [1.807, 2.05) is 93.6 Å². The van der Waals surface area contributed by atoms with Crippen molar-refractivity contribution in [3.8, 4) is 0 Å². The minimum absolute atomic E-state index is 0.272. The number of nitrogen functional groups attached to an aromatic ring is 1. The Labute approximate surface area is 225 Å². The number of urea groups is 1. The molecule has 1 aliphatic carbocycles. The van der Waals surface area contributed by atoms with Gasteiger partial charge < -0.3 is 29.6 Å². The first-order valence-electron chi connectivity index (χ1n) is 12.9. The summed E-state index contributed by atoms with van der Waals surface area (Å²) < 4.78 is 17.5. The second-order valence-corrected chi connectivity index (χ2v) is 11.1. The molecule has 2 aromatic carbocycles. The Hall–Kier alpha value is -3.57. The van der Waals surface area contributed by atoms with Gasteiger partial charge in [-0.2, -0.15) is 0 Å². The highest BCUT2D eigenvalue weighted by Gasteiger charge is 2.39. The fourth-order valence-corrected chi connectivity index (χ4v) is 6.36. The minimum atomic E-state index is -2.69. The first-order valence-corrected chi connectivity index (χ1v) is 14.8. The van der Waals surface area contributed by atoms with Gasteiger partial charge in [0, 0.05) is 43.8 Å². The van der Waals surface area contributed by atoms with Gasteiger partial charge in [0.15, 0.2) is 0 Å². The molecule has 0 bridgehead atoms. The lowest BCUT2D eigenvalue weighted by atomic mass is 10.1. The maximum Gasteiger partial charge on any atom is 0.500 e. The minimum Gasteiger partial charge on any atom is -0.399 e. The average molecular weight is 536 g/mol. The van der Waals surface area contributed by atoms with E-state index < -0.39 is 8.80 Å². The van der Waals surface area contributed by atoms with Gasteiger partial charge in [0.25, 0.3) is 0 Å². The van der Waals surface area contributed by atoms with Crippen LogP contribution in [0.4, 0.5) is 27.5 Å². The molecule has 0 radical (unpaired) electrons. The van der Waals surface area contributed by atoms with Crippen molar-refractivity contribution < 1.29 is 18.1 Å². The number of benzene rings is 2. The van der Waals surface area contributed by atoms with Crippen LogP contribution in [0.15, 0.2) is 82.8 Å². The van der Waals surface area contributed by atoms with Gasteiger partial charge in [0.05, 0.1) is 22.8 Å². The number of carbonyl (C=O) groups is 1. The van der Waals surface area contributed by atoms with Crippen molar-refractivity contribution in [2.75, 3.05) is 37.4 Å². The maximum atomic E-state index is 12.3. The van der Waals surface area contributed by atoms with E-state index in [4.69, 9.17) is 19.0 Å². The van der Waals surface area contributed by atoms with Crippen molar-refractivity contribution in [1.29, 1.82) is 0 Å². The van der Waals surface area contributed by atoms with Crippen LogP contribution in [-0.2, 0) is 13.3 Å². The summed E-state index contributed by atoms with van der Waals surface area (Å²) in [4.78, 5) is 21.5. The normalized spacial score (nSPS) is 12.9. The molecule has 38 heavy (non-hydrogen) atoms. The first-order chi connectivity index (χ1) is 18.4. The van der Waals surface area contributed by atoms with Crippen LogP contribution >= 0.6 is 0 Å². The number of aliphatic imine (C=N–C) groups is 2. The number of hydrogen-bond acceptors (Lipinski definition) is 7. The topological polar surface area (TPSA) is 120 Å².